The van der Waals surface area contributed by atoms with E-state index in [1.165, 1.54) is 0 Å². The van der Waals surface area contributed by atoms with Crippen molar-refractivity contribution < 1.29 is 0 Å². The van der Waals surface area contributed by atoms with Gasteiger partial charge in [-0.3, -0.25) is 0 Å². The van der Waals surface area contributed by atoms with Gasteiger partial charge in [-0.1, -0.05) is 13.8 Å². The lowest BCUT2D eigenvalue weighted by Crippen LogP contribution is -2.05. The van der Waals surface area contributed by atoms with Gasteiger partial charge in [0.25, 0.3) is 0 Å². The van der Waals surface area contributed by atoms with E-state index < -0.39 is 0 Å². The molecule has 17 heavy (non-hydrogen) atoms. The Kier molecular flexibility index (Phi) is 4.43. The average Bonchev–Trinajstić information content (AvgIpc) is 2.87. The Labute approximate surface area is 102 Å². The summed E-state index contributed by atoms with van der Waals surface area (Å²) in [6, 6.07) is 0.296. The number of rotatable bonds is 2. The lowest BCUT2D eigenvalue weighted by molar-refractivity contribution is 0.534. The first-order valence-electron chi connectivity index (χ1n) is 6.03. The predicted octanol–water partition coefficient (Wildman–Crippen LogP) is 2.89. The van der Waals surface area contributed by atoms with Crippen molar-refractivity contribution in [1.29, 1.82) is 0 Å². The molecule has 0 aliphatic rings. The maximum absolute atomic E-state index is 4.40. The Morgan fingerprint density at radius 1 is 1.24 bits per heavy atom. The molecule has 2 aromatic heterocycles. The minimum Gasteiger partial charge on any atom is -0.340 e. The second kappa shape index (κ2) is 5.61. The minimum atomic E-state index is 0.296. The highest BCUT2D eigenvalue weighted by Gasteiger charge is 2.13. The van der Waals surface area contributed by atoms with Gasteiger partial charge in [-0.2, -0.15) is 5.10 Å². The van der Waals surface area contributed by atoms with E-state index in [2.05, 4.69) is 33.9 Å². The van der Waals surface area contributed by atoms with Crippen molar-refractivity contribution in [2.75, 3.05) is 0 Å². The molecule has 94 valence electrons. The molecule has 0 aliphatic heterocycles. The first-order chi connectivity index (χ1) is 8.08. The smallest absolute Gasteiger partial charge is 0.176 e. The van der Waals surface area contributed by atoms with E-state index in [9.17, 15) is 0 Å². The number of imidazole rings is 1. The van der Waals surface area contributed by atoms with Crippen molar-refractivity contribution >= 4 is 0 Å². The zero-order chi connectivity index (χ0) is 13.0. The van der Waals surface area contributed by atoms with Crippen LogP contribution < -0.4 is 0 Å². The van der Waals surface area contributed by atoms with Gasteiger partial charge in [0.1, 0.15) is 17.3 Å². The molecule has 1 N–H and O–H groups in total. The van der Waals surface area contributed by atoms with Crippen molar-refractivity contribution in [2.24, 2.45) is 0 Å². The van der Waals surface area contributed by atoms with Crippen molar-refractivity contribution in [3.8, 4) is 11.5 Å². The summed E-state index contributed by atoms with van der Waals surface area (Å²) < 4.78 is 1.91. The zero-order valence-corrected chi connectivity index (χ0v) is 11.4. The van der Waals surface area contributed by atoms with Crippen LogP contribution in [-0.2, 0) is 0 Å². The monoisotopic (exact) mass is 235 g/mol. The van der Waals surface area contributed by atoms with Crippen LogP contribution in [0.5, 0.6) is 0 Å². The minimum absolute atomic E-state index is 0.296. The van der Waals surface area contributed by atoms with E-state index in [0.29, 0.717) is 6.04 Å². The molecule has 0 aliphatic carbocycles. The molecule has 0 spiro atoms. The average molecular weight is 235 g/mol. The van der Waals surface area contributed by atoms with Gasteiger partial charge in [0, 0.05) is 6.04 Å². The normalized spacial score (nSPS) is 10.3. The number of hydrogen-bond acceptors (Lipinski definition) is 3. The summed E-state index contributed by atoms with van der Waals surface area (Å²) in [5.74, 6) is 2.52. The van der Waals surface area contributed by atoms with Crippen LogP contribution in [0.15, 0.2) is 6.20 Å². The van der Waals surface area contributed by atoms with Crippen molar-refractivity contribution in [2.45, 2.75) is 47.6 Å². The van der Waals surface area contributed by atoms with Crippen LogP contribution in [0, 0.1) is 13.8 Å². The van der Waals surface area contributed by atoms with Gasteiger partial charge in [-0.15, -0.1) is 0 Å². The van der Waals surface area contributed by atoms with Crippen LogP contribution in [0.2, 0.25) is 0 Å². The van der Waals surface area contributed by atoms with Crippen LogP contribution in [0.4, 0.5) is 0 Å². The summed E-state index contributed by atoms with van der Waals surface area (Å²) in [6.45, 7) is 12.0. The SMILES string of the molecule is CC.Cc1nc(-c2cnc(C)[nH]2)n(C(C)C)n1. The molecule has 0 amide bonds. The maximum Gasteiger partial charge on any atom is 0.176 e. The first-order valence-corrected chi connectivity index (χ1v) is 6.03. The second-order valence-corrected chi connectivity index (χ2v) is 3.90. The number of H-pyrrole nitrogens is 1. The van der Waals surface area contributed by atoms with E-state index in [4.69, 9.17) is 0 Å². The van der Waals surface area contributed by atoms with Crippen LogP contribution in [0.1, 0.15) is 45.4 Å². The third kappa shape index (κ3) is 2.93. The molecule has 5 heteroatoms. The molecule has 2 heterocycles. The summed E-state index contributed by atoms with van der Waals surface area (Å²) >= 11 is 0. The van der Waals surface area contributed by atoms with Gasteiger partial charge < -0.3 is 4.98 Å². The summed E-state index contributed by atoms with van der Waals surface area (Å²) in [6.07, 6.45) is 1.79. The summed E-state index contributed by atoms with van der Waals surface area (Å²) in [7, 11) is 0. The van der Waals surface area contributed by atoms with Crippen LogP contribution in [0.25, 0.3) is 11.5 Å². The molecular weight excluding hydrogens is 214 g/mol. The van der Waals surface area contributed by atoms with E-state index in [0.717, 1.165) is 23.2 Å². The molecule has 0 saturated carbocycles. The fourth-order valence-electron chi connectivity index (χ4n) is 1.51. The summed E-state index contributed by atoms with van der Waals surface area (Å²) in [5, 5.41) is 4.35. The Hall–Kier alpha value is -1.65. The Morgan fingerprint density at radius 3 is 2.35 bits per heavy atom. The standard InChI is InChI=1S/C10H15N5.C2H6/c1-6(2)15-10(13-8(4)14-15)9-5-11-7(3)12-9;1-2/h5-6H,1-4H3,(H,11,12);1-2H3. The molecule has 0 fully saturated rings. The maximum atomic E-state index is 4.40. The third-order valence-corrected chi connectivity index (χ3v) is 2.17. The van der Waals surface area contributed by atoms with Crippen LogP contribution in [-0.4, -0.2) is 24.7 Å². The van der Waals surface area contributed by atoms with E-state index in [1.807, 2.05) is 32.4 Å². The predicted molar refractivity (Wildman–Crippen MR) is 68.8 cm³/mol. The van der Waals surface area contributed by atoms with Crippen molar-refractivity contribution in [3.63, 3.8) is 0 Å². The van der Waals surface area contributed by atoms with Crippen molar-refractivity contribution in [3.05, 3.63) is 17.8 Å². The summed E-state index contributed by atoms with van der Waals surface area (Å²) in [4.78, 5) is 11.7. The molecule has 0 unspecified atom stereocenters. The van der Waals surface area contributed by atoms with Crippen LogP contribution >= 0.6 is 0 Å². The molecule has 0 atom stereocenters. The molecule has 0 radical (unpaired) electrons. The van der Waals surface area contributed by atoms with E-state index in [1.54, 1.807) is 6.20 Å². The van der Waals surface area contributed by atoms with Gasteiger partial charge in [0.05, 0.1) is 6.20 Å². The Bertz CT molecular complexity index is 467. The Morgan fingerprint density at radius 2 is 1.88 bits per heavy atom. The topological polar surface area (TPSA) is 59.4 Å². The molecular formula is C12H21N5. The highest BCUT2D eigenvalue weighted by molar-refractivity contribution is 5.48. The molecule has 2 rings (SSSR count). The lowest BCUT2D eigenvalue weighted by Gasteiger charge is -2.07. The largest absolute Gasteiger partial charge is 0.340 e. The van der Waals surface area contributed by atoms with E-state index in [-0.39, 0.29) is 0 Å². The number of aromatic nitrogens is 5. The zero-order valence-electron chi connectivity index (χ0n) is 11.4. The fourth-order valence-corrected chi connectivity index (χ4v) is 1.51. The number of aromatic amines is 1. The third-order valence-electron chi connectivity index (χ3n) is 2.17. The summed E-state index contributed by atoms with van der Waals surface area (Å²) in [5.41, 5.74) is 0.918. The molecule has 0 saturated heterocycles. The molecule has 0 bridgehead atoms. The van der Waals surface area contributed by atoms with Gasteiger partial charge in [-0.05, 0) is 27.7 Å². The van der Waals surface area contributed by atoms with Crippen LogP contribution in [0.3, 0.4) is 0 Å². The Balaban J connectivity index is 0.000000686. The number of nitrogens with one attached hydrogen (secondary N) is 1. The second-order valence-electron chi connectivity index (χ2n) is 3.90. The fraction of sp³-hybridized carbons (Fsp3) is 0.583. The number of hydrogen-bond donors (Lipinski definition) is 1. The van der Waals surface area contributed by atoms with E-state index >= 15 is 0 Å². The highest BCUT2D eigenvalue weighted by Crippen LogP contribution is 2.18. The molecule has 0 aromatic carbocycles. The van der Waals surface area contributed by atoms with Gasteiger partial charge in [0.2, 0.25) is 0 Å². The lowest BCUT2D eigenvalue weighted by atomic mass is 10.3. The first kappa shape index (κ1) is 13.4. The van der Waals surface area contributed by atoms with Crippen molar-refractivity contribution in [1.82, 2.24) is 24.7 Å². The quantitative estimate of drug-likeness (QED) is 0.870. The van der Waals surface area contributed by atoms with Gasteiger partial charge in [0.15, 0.2) is 5.82 Å². The number of nitrogens with zero attached hydrogens (tertiary/aromatic N) is 4. The van der Waals surface area contributed by atoms with Gasteiger partial charge >= 0.3 is 0 Å². The highest BCUT2D eigenvalue weighted by atomic mass is 15.4. The molecule has 2 aromatic rings. The van der Waals surface area contributed by atoms with Gasteiger partial charge in [-0.25, -0.2) is 14.6 Å². The number of aryl methyl sites for hydroxylation is 2. The molecule has 5 nitrogen and oxygen atoms in total.